The number of nitrogens with zero attached hydrogens (tertiary/aromatic N) is 2. The molecule has 150 valence electrons. The summed E-state index contributed by atoms with van der Waals surface area (Å²) in [6, 6.07) is 9.93. The van der Waals surface area contributed by atoms with Crippen LogP contribution in [0.15, 0.2) is 35.3 Å². The molecular weight excluding hydrogens is 364 g/mol. The molecule has 0 radical (unpaired) electrons. The van der Waals surface area contributed by atoms with Gasteiger partial charge in [-0.2, -0.15) is 5.26 Å². The van der Waals surface area contributed by atoms with Crippen molar-refractivity contribution in [3.05, 3.63) is 51.9 Å². The van der Waals surface area contributed by atoms with Crippen molar-refractivity contribution in [3.63, 3.8) is 0 Å². The number of nitriles is 1. The van der Waals surface area contributed by atoms with E-state index in [9.17, 15) is 10.1 Å². The summed E-state index contributed by atoms with van der Waals surface area (Å²) in [5.41, 5.74) is 2.06. The number of hydrogen-bond donors (Lipinski definition) is 0. The summed E-state index contributed by atoms with van der Waals surface area (Å²) in [5, 5.41) is 9.80. The first-order chi connectivity index (χ1) is 12.7. The summed E-state index contributed by atoms with van der Waals surface area (Å²) >= 11 is 0. The number of aryl methyl sites for hydroxylation is 1. The van der Waals surface area contributed by atoms with E-state index in [-0.39, 0.29) is 21.7 Å². The largest absolute Gasteiger partial charge is 0.543 e. The minimum Gasteiger partial charge on any atom is -0.543 e. The fraction of sp³-hybridized carbons (Fsp3) is 0.478. The predicted octanol–water partition coefficient (Wildman–Crippen LogP) is 5.83. The van der Waals surface area contributed by atoms with E-state index in [0.717, 1.165) is 16.9 Å². The van der Waals surface area contributed by atoms with Gasteiger partial charge in [0.25, 0.3) is 5.56 Å². The molecule has 1 aromatic carbocycles. The van der Waals surface area contributed by atoms with Crippen molar-refractivity contribution in [1.29, 1.82) is 5.26 Å². The molecule has 0 N–H and O–H groups in total. The van der Waals surface area contributed by atoms with Gasteiger partial charge in [0.2, 0.25) is 8.32 Å². The average Bonchev–Trinajstić information content (AvgIpc) is 2.53. The Balaban J connectivity index is 2.63. The van der Waals surface area contributed by atoms with E-state index in [1.54, 1.807) is 10.8 Å². The second kappa shape index (κ2) is 7.25. The van der Waals surface area contributed by atoms with E-state index >= 15 is 0 Å². The highest BCUT2D eigenvalue weighted by atomic mass is 28.4. The van der Waals surface area contributed by atoms with Crippen LogP contribution in [0.1, 0.15) is 52.7 Å². The summed E-state index contributed by atoms with van der Waals surface area (Å²) in [4.78, 5) is 12.9. The van der Waals surface area contributed by atoms with E-state index in [4.69, 9.17) is 4.43 Å². The van der Waals surface area contributed by atoms with Gasteiger partial charge in [0.1, 0.15) is 17.4 Å². The third-order valence-electron chi connectivity index (χ3n) is 5.61. The molecule has 0 fully saturated rings. The molecule has 0 aliphatic rings. The molecule has 4 nitrogen and oxygen atoms in total. The lowest BCUT2D eigenvalue weighted by Gasteiger charge is -2.36. The highest BCUT2D eigenvalue weighted by Gasteiger charge is 2.39. The lowest BCUT2D eigenvalue weighted by molar-refractivity contribution is 0.384. The highest BCUT2D eigenvalue weighted by molar-refractivity contribution is 6.74. The summed E-state index contributed by atoms with van der Waals surface area (Å²) in [5.74, 6) is 0.788. The number of pyridine rings is 1. The fourth-order valence-electron chi connectivity index (χ4n) is 2.80. The molecule has 0 spiro atoms. The van der Waals surface area contributed by atoms with Crippen molar-refractivity contribution in [1.82, 2.24) is 4.57 Å². The molecule has 5 heteroatoms. The zero-order chi connectivity index (χ0) is 21.5. The van der Waals surface area contributed by atoms with Crippen LogP contribution in [0.5, 0.6) is 5.75 Å². The number of hydrogen-bond acceptors (Lipinski definition) is 3. The van der Waals surface area contributed by atoms with Crippen molar-refractivity contribution in [2.75, 3.05) is 0 Å². The molecule has 0 aliphatic heterocycles. The van der Waals surface area contributed by atoms with E-state index in [1.807, 2.05) is 52.0 Å². The topological polar surface area (TPSA) is 55.0 Å². The van der Waals surface area contributed by atoms with Crippen molar-refractivity contribution in [3.8, 4) is 22.9 Å². The van der Waals surface area contributed by atoms with Crippen LogP contribution >= 0.6 is 0 Å². The van der Waals surface area contributed by atoms with Gasteiger partial charge in [-0.25, -0.2) is 0 Å². The number of aromatic nitrogens is 1. The van der Waals surface area contributed by atoms with Crippen LogP contribution < -0.4 is 9.99 Å². The van der Waals surface area contributed by atoms with Crippen molar-refractivity contribution >= 4 is 8.32 Å². The Morgan fingerprint density at radius 1 is 1.04 bits per heavy atom. The van der Waals surface area contributed by atoms with Gasteiger partial charge in [-0.3, -0.25) is 4.79 Å². The second-order valence-electron chi connectivity index (χ2n) is 9.90. The molecule has 0 amide bonds. The fourth-order valence-corrected chi connectivity index (χ4v) is 3.82. The Labute approximate surface area is 169 Å². The zero-order valence-electron chi connectivity index (χ0n) is 18.6. The van der Waals surface area contributed by atoms with Crippen LogP contribution in [0.4, 0.5) is 0 Å². The maximum Gasteiger partial charge on any atom is 0.269 e. The molecule has 1 heterocycles. The Kier molecular flexibility index (Phi) is 5.69. The Bertz CT molecular complexity index is 984. The molecule has 28 heavy (non-hydrogen) atoms. The van der Waals surface area contributed by atoms with Gasteiger partial charge in [-0.15, -0.1) is 0 Å². The van der Waals surface area contributed by atoms with Gasteiger partial charge in [0.05, 0.1) is 0 Å². The lowest BCUT2D eigenvalue weighted by atomic mass is 9.96. The molecular formula is C23H32N2O2Si. The number of rotatable bonds is 3. The van der Waals surface area contributed by atoms with E-state index in [2.05, 4.69) is 39.9 Å². The van der Waals surface area contributed by atoms with Crippen LogP contribution in [0.3, 0.4) is 0 Å². The lowest BCUT2D eigenvalue weighted by Crippen LogP contribution is -2.43. The Morgan fingerprint density at radius 2 is 1.64 bits per heavy atom. The molecule has 2 aromatic rings. The summed E-state index contributed by atoms with van der Waals surface area (Å²) in [6.07, 6.45) is 1.78. The van der Waals surface area contributed by atoms with Crippen molar-refractivity contribution < 1.29 is 4.43 Å². The maximum absolute atomic E-state index is 12.9. The van der Waals surface area contributed by atoms with E-state index in [0.29, 0.717) is 5.56 Å². The number of benzene rings is 1. The molecule has 0 unspecified atom stereocenters. The van der Waals surface area contributed by atoms with Crippen LogP contribution in [-0.4, -0.2) is 12.9 Å². The second-order valence-corrected chi connectivity index (χ2v) is 14.6. The van der Waals surface area contributed by atoms with E-state index < -0.39 is 8.32 Å². The molecule has 1 aromatic heterocycles. The minimum absolute atomic E-state index is 0.0864. The quantitative estimate of drug-likeness (QED) is 0.613. The van der Waals surface area contributed by atoms with Gasteiger partial charge in [-0.05, 0) is 75.2 Å². The van der Waals surface area contributed by atoms with Gasteiger partial charge in [0.15, 0.2) is 0 Å². The Hall–Kier alpha value is -2.32. The third kappa shape index (κ3) is 4.23. The van der Waals surface area contributed by atoms with Crippen LogP contribution in [-0.2, 0) is 5.54 Å². The Morgan fingerprint density at radius 3 is 2.14 bits per heavy atom. The first kappa shape index (κ1) is 22.0. The summed E-state index contributed by atoms with van der Waals surface area (Å²) in [7, 11) is -1.98. The van der Waals surface area contributed by atoms with Gasteiger partial charge < -0.3 is 8.99 Å². The van der Waals surface area contributed by atoms with Crippen molar-refractivity contribution in [2.24, 2.45) is 0 Å². The van der Waals surface area contributed by atoms with Gasteiger partial charge in [0, 0.05) is 17.3 Å². The molecule has 0 bridgehead atoms. The first-order valence-electron chi connectivity index (χ1n) is 9.65. The molecule has 0 aliphatic carbocycles. The van der Waals surface area contributed by atoms with Crippen LogP contribution in [0.2, 0.25) is 18.1 Å². The summed E-state index contributed by atoms with van der Waals surface area (Å²) in [6.45, 7) is 18.9. The smallest absolute Gasteiger partial charge is 0.269 e. The molecule has 2 rings (SSSR count). The SMILES string of the molecule is Cc1ccc(O[Si](C)(C)C(C)(C)C)cc1-c1ccn(C(C)(C)C)c(=O)c1C#N. The zero-order valence-corrected chi connectivity index (χ0v) is 19.6. The van der Waals surface area contributed by atoms with Gasteiger partial charge in [-0.1, -0.05) is 26.8 Å². The molecule has 0 saturated heterocycles. The van der Waals surface area contributed by atoms with E-state index in [1.165, 1.54) is 0 Å². The normalized spacial score (nSPS) is 12.6. The van der Waals surface area contributed by atoms with Crippen molar-refractivity contribution in [2.45, 2.75) is 72.1 Å². The average molecular weight is 397 g/mol. The highest BCUT2D eigenvalue weighted by Crippen LogP contribution is 2.38. The maximum atomic E-state index is 12.9. The molecule has 0 atom stereocenters. The summed E-state index contributed by atoms with van der Waals surface area (Å²) < 4.78 is 8.05. The molecule has 0 saturated carbocycles. The van der Waals surface area contributed by atoms with Gasteiger partial charge >= 0.3 is 0 Å². The van der Waals surface area contributed by atoms with Crippen LogP contribution in [0, 0.1) is 18.3 Å². The first-order valence-corrected chi connectivity index (χ1v) is 12.6. The predicted molar refractivity (Wildman–Crippen MR) is 118 cm³/mol. The standard InChI is InChI=1S/C23H32N2O2Si/c1-16-10-11-17(27-28(8,9)23(5,6)7)14-19(16)18-12-13-25(22(2,3)4)21(26)20(18)15-24/h10-14H,1-9H3. The monoisotopic (exact) mass is 396 g/mol. The third-order valence-corrected chi connectivity index (χ3v) is 9.96. The van der Waals surface area contributed by atoms with Crippen LogP contribution in [0.25, 0.3) is 11.1 Å². The minimum atomic E-state index is -1.98.